The van der Waals surface area contributed by atoms with Crippen molar-refractivity contribution in [3.8, 4) is 0 Å². The van der Waals surface area contributed by atoms with Crippen LogP contribution in [-0.4, -0.2) is 16.9 Å². The molecular formula is C9H13N3OS. The summed E-state index contributed by atoms with van der Waals surface area (Å²) in [6.07, 6.45) is 2.45. The Morgan fingerprint density at radius 1 is 1.79 bits per heavy atom. The molecule has 5 heteroatoms. The van der Waals surface area contributed by atoms with E-state index in [0.717, 1.165) is 0 Å². The molecule has 1 fully saturated rings. The number of carbonyl (C=O) groups excluding carboxylic acids is 1. The van der Waals surface area contributed by atoms with Crippen molar-refractivity contribution in [3.05, 3.63) is 11.1 Å². The van der Waals surface area contributed by atoms with Crippen molar-refractivity contribution in [2.45, 2.75) is 25.8 Å². The fourth-order valence-corrected chi connectivity index (χ4v) is 1.93. The molecule has 0 bridgehead atoms. The fraction of sp³-hybridized carbons (Fsp3) is 0.556. The number of anilines is 1. The predicted octanol–water partition coefficient (Wildman–Crippen LogP) is 1.25. The van der Waals surface area contributed by atoms with Gasteiger partial charge in [-0.15, -0.1) is 11.3 Å². The van der Waals surface area contributed by atoms with Crippen LogP contribution in [0.15, 0.2) is 5.38 Å². The quantitative estimate of drug-likeness (QED) is 0.790. The van der Waals surface area contributed by atoms with Crippen LogP contribution in [0.5, 0.6) is 0 Å². The molecule has 1 heterocycles. The van der Waals surface area contributed by atoms with Gasteiger partial charge in [0.1, 0.15) is 5.69 Å². The van der Waals surface area contributed by atoms with E-state index in [-0.39, 0.29) is 11.9 Å². The summed E-state index contributed by atoms with van der Waals surface area (Å²) < 4.78 is 0. The van der Waals surface area contributed by atoms with Crippen LogP contribution in [0.25, 0.3) is 0 Å². The highest BCUT2D eigenvalue weighted by molar-refractivity contribution is 7.13. The number of hydrogen-bond donors (Lipinski definition) is 2. The smallest absolute Gasteiger partial charge is 0.271 e. The molecule has 0 saturated heterocycles. The minimum absolute atomic E-state index is 0.114. The Labute approximate surface area is 86.5 Å². The second-order valence-corrected chi connectivity index (χ2v) is 4.56. The van der Waals surface area contributed by atoms with Crippen LogP contribution in [0.2, 0.25) is 0 Å². The number of hydrogen-bond acceptors (Lipinski definition) is 4. The maximum Gasteiger partial charge on any atom is 0.271 e. The minimum atomic E-state index is -0.114. The largest absolute Gasteiger partial charge is 0.375 e. The number of nitrogens with one attached hydrogen (secondary N) is 1. The van der Waals surface area contributed by atoms with Crippen molar-refractivity contribution < 1.29 is 4.79 Å². The van der Waals surface area contributed by atoms with E-state index in [1.807, 2.05) is 6.92 Å². The van der Waals surface area contributed by atoms with Gasteiger partial charge in [0.2, 0.25) is 0 Å². The lowest BCUT2D eigenvalue weighted by Crippen LogP contribution is -2.34. The highest BCUT2D eigenvalue weighted by Gasteiger charge is 2.29. The van der Waals surface area contributed by atoms with Gasteiger partial charge >= 0.3 is 0 Å². The summed E-state index contributed by atoms with van der Waals surface area (Å²) in [7, 11) is 0. The van der Waals surface area contributed by atoms with Gasteiger partial charge in [0.25, 0.3) is 5.91 Å². The molecule has 1 aromatic heterocycles. The van der Waals surface area contributed by atoms with Crippen molar-refractivity contribution in [2.24, 2.45) is 5.92 Å². The number of nitrogens with zero attached hydrogens (tertiary/aromatic N) is 1. The summed E-state index contributed by atoms with van der Waals surface area (Å²) in [4.78, 5) is 15.5. The molecule has 1 atom stereocenters. The number of amides is 1. The molecule has 0 aliphatic heterocycles. The first-order valence-corrected chi connectivity index (χ1v) is 5.56. The normalized spacial score (nSPS) is 17.8. The Morgan fingerprint density at radius 3 is 3.00 bits per heavy atom. The van der Waals surface area contributed by atoms with Gasteiger partial charge in [-0.1, -0.05) is 0 Å². The Balaban J connectivity index is 1.94. The van der Waals surface area contributed by atoms with Crippen LogP contribution in [0.1, 0.15) is 30.3 Å². The van der Waals surface area contributed by atoms with Crippen molar-refractivity contribution >= 4 is 22.4 Å². The molecule has 76 valence electrons. The first-order valence-electron chi connectivity index (χ1n) is 4.68. The molecule has 0 spiro atoms. The molecule has 1 aliphatic rings. The number of rotatable bonds is 3. The molecule has 1 aromatic rings. The highest BCUT2D eigenvalue weighted by atomic mass is 32.1. The molecule has 0 aromatic carbocycles. The lowest BCUT2D eigenvalue weighted by atomic mass is 10.2. The van der Waals surface area contributed by atoms with Crippen LogP contribution in [0.4, 0.5) is 5.13 Å². The zero-order valence-corrected chi connectivity index (χ0v) is 8.80. The number of aromatic nitrogens is 1. The molecule has 1 aliphatic carbocycles. The molecule has 0 radical (unpaired) electrons. The third kappa shape index (κ3) is 2.04. The third-order valence-corrected chi connectivity index (χ3v) is 3.12. The van der Waals surface area contributed by atoms with Gasteiger partial charge in [-0.3, -0.25) is 4.79 Å². The van der Waals surface area contributed by atoms with Gasteiger partial charge in [-0.25, -0.2) is 4.98 Å². The van der Waals surface area contributed by atoms with Crippen molar-refractivity contribution in [2.75, 3.05) is 5.73 Å². The molecule has 2 rings (SSSR count). The summed E-state index contributed by atoms with van der Waals surface area (Å²) in [6, 6.07) is 0.255. The third-order valence-electron chi connectivity index (χ3n) is 2.44. The minimum Gasteiger partial charge on any atom is -0.375 e. The van der Waals surface area contributed by atoms with Gasteiger partial charge in [0, 0.05) is 11.4 Å². The summed E-state index contributed by atoms with van der Waals surface area (Å²) in [6.45, 7) is 2.03. The summed E-state index contributed by atoms with van der Waals surface area (Å²) in [5, 5.41) is 5.05. The highest BCUT2D eigenvalue weighted by Crippen LogP contribution is 2.32. The van der Waals surface area contributed by atoms with Gasteiger partial charge in [-0.05, 0) is 25.7 Å². The number of nitrogens with two attached hydrogens (primary N) is 1. The second-order valence-electron chi connectivity index (χ2n) is 3.67. The van der Waals surface area contributed by atoms with Gasteiger partial charge in [-0.2, -0.15) is 0 Å². The van der Waals surface area contributed by atoms with E-state index in [9.17, 15) is 4.79 Å². The van der Waals surface area contributed by atoms with Gasteiger partial charge in [0.15, 0.2) is 5.13 Å². The van der Waals surface area contributed by atoms with Crippen LogP contribution in [0, 0.1) is 5.92 Å². The van der Waals surface area contributed by atoms with E-state index in [2.05, 4.69) is 10.3 Å². The van der Waals surface area contributed by atoms with E-state index in [1.54, 1.807) is 5.38 Å². The Morgan fingerprint density at radius 2 is 2.50 bits per heavy atom. The molecule has 3 N–H and O–H groups in total. The Bertz CT molecular complexity index is 346. The second kappa shape index (κ2) is 3.57. The zero-order chi connectivity index (χ0) is 10.1. The maximum absolute atomic E-state index is 11.6. The number of thiazole rings is 1. The zero-order valence-electron chi connectivity index (χ0n) is 7.99. The van der Waals surface area contributed by atoms with Crippen molar-refractivity contribution in [1.82, 2.24) is 10.3 Å². The first kappa shape index (κ1) is 9.45. The SMILES string of the molecule is CC(NC(=O)c1csc(N)n1)C1CC1. The Kier molecular flexibility index (Phi) is 2.41. The van der Waals surface area contributed by atoms with Crippen LogP contribution >= 0.6 is 11.3 Å². The summed E-state index contributed by atoms with van der Waals surface area (Å²) in [5.74, 6) is 0.548. The number of carbonyl (C=O) groups is 1. The molecule has 1 saturated carbocycles. The van der Waals surface area contributed by atoms with Gasteiger partial charge < -0.3 is 11.1 Å². The molecule has 1 unspecified atom stereocenters. The van der Waals surface area contributed by atoms with E-state index < -0.39 is 0 Å². The molecular weight excluding hydrogens is 198 g/mol. The molecule has 4 nitrogen and oxygen atoms in total. The van der Waals surface area contributed by atoms with E-state index in [1.165, 1.54) is 24.2 Å². The fourth-order valence-electron chi connectivity index (χ4n) is 1.39. The maximum atomic E-state index is 11.6. The van der Waals surface area contributed by atoms with E-state index in [0.29, 0.717) is 16.7 Å². The Hall–Kier alpha value is -1.10. The average molecular weight is 211 g/mol. The summed E-state index contributed by atoms with van der Waals surface area (Å²) in [5.41, 5.74) is 5.88. The van der Waals surface area contributed by atoms with Crippen LogP contribution < -0.4 is 11.1 Å². The summed E-state index contributed by atoms with van der Waals surface area (Å²) >= 11 is 1.29. The monoisotopic (exact) mass is 211 g/mol. The topological polar surface area (TPSA) is 68.0 Å². The average Bonchev–Trinajstić information content (AvgIpc) is 2.89. The first-order chi connectivity index (χ1) is 6.66. The standard InChI is InChI=1S/C9H13N3OS/c1-5(6-2-3-6)11-8(13)7-4-14-9(10)12-7/h4-6H,2-3H2,1H3,(H2,10,12)(H,11,13). The number of nitrogen functional groups attached to an aromatic ring is 1. The van der Waals surface area contributed by atoms with E-state index in [4.69, 9.17) is 5.73 Å². The van der Waals surface area contributed by atoms with Crippen LogP contribution in [-0.2, 0) is 0 Å². The molecule has 1 amide bonds. The van der Waals surface area contributed by atoms with Crippen LogP contribution in [0.3, 0.4) is 0 Å². The lowest BCUT2D eigenvalue weighted by Gasteiger charge is -2.10. The molecule has 14 heavy (non-hydrogen) atoms. The van der Waals surface area contributed by atoms with Crippen molar-refractivity contribution in [3.63, 3.8) is 0 Å². The predicted molar refractivity (Wildman–Crippen MR) is 56.2 cm³/mol. The lowest BCUT2D eigenvalue weighted by molar-refractivity contribution is 0.0931. The van der Waals surface area contributed by atoms with Crippen molar-refractivity contribution in [1.29, 1.82) is 0 Å². The van der Waals surface area contributed by atoms with E-state index >= 15 is 0 Å². The van der Waals surface area contributed by atoms with Gasteiger partial charge in [0.05, 0.1) is 0 Å².